The molecule has 138 valence electrons. The second-order valence-electron chi connectivity index (χ2n) is 6.71. The van der Waals surface area contributed by atoms with Gasteiger partial charge in [-0.25, -0.2) is 0 Å². The highest BCUT2D eigenvalue weighted by atomic mass is 32.2. The molecular formula is C22H27NO2S. The van der Waals surface area contributed by atoms with E-state index in [1.54, 1.807) is 0 Å². The number of aryl methyl sites for hydroxylation is 1. The lowest BCUT2D eigenvalue weighted by Gasteiger charge is -2.24. The highest BCUT2D eigenvalue weighted by molar-refractivity contribution is 7.99. The van der Waals surface area contributed by atoms with Crippen molar-refractivity contribution in [2.75, 3.05) is 18.9 Å². The van der Waals surface area contributed by atoms with Crippen LogP contribution in [-0.4, -0.2) is 29.7 Å². The molecule has 0 spiro atoms. The van der Waals surface area contributed by atoms with Crippen LogP contribution in [0.15, 0.2) is 48.5 Å². The maximum absolute atomic E-state index is 13.0. The number of carbonyl (C=O) groups excluding carboxylic acids is 1. The summed E-state index contributed by atoms with van der Waals surface area (Å²) in [4.78, 5) is 15.0. The maximum Gasteiger partial charge on any atom is 0.255 e. The van der Waals surface area contributed by atoms with E-state index < -0.39 is 0 Å². The van der Waals surface area contributed by atoms with Gasteiger partial charge >= 0.3 is 0 Å². The van der Waals surface area contributed by atoms with Crippen molar-refractivity contribution in [2.45, 2.75) is 38.5 Å². The SMILES string of the molecule is CCCCCOc1ccc(C(=O)N2CCSC2c2ccc(C)cc2)cc1. The lowest BCUT2D eigenvalue weighted by atomic mass is 10.1. The van der Waals surface area contributed by atoms with Crippen LogP contribution in [0.5, 0.6) is 5.75 Å². The van der Waals surface area contributed by atoms with Crippen molar-refractivity contribution >= 4 is 17.7 Å². The fourth-order valence-corrected chi connectivity index (χ4v) is 4.34. The number of ether oxygens (including phenoxy) is 1. The molecule has 3 rings (SSSR count). The van der Waals surface area contributed by atoms with Crippen LogP contribution < -0.4 is 4.74 Å². The molecule has 26 heavy (non-hydrogen) atoms. The Balaban J connectivity index is 1.65. The summed E-state index contributed by atoms with van der Waals surface area (Å²) in [5.41, 5.74) is 3.16. The predicted molar refractivity (Wildman–Crippen MR) is 109 cm³/mol. The molecule has 1 saturated heterocycles. The topological polar surface area (TPSA) is 29.5 Å². The zero-order valence-corrected chi connectivity index (χ0v) is 16.4. The number of thioether (sulfide) groups is 1. The van der Waals surface area contributed by atoms with Crippen molar-refractivity contribution in [3.63, 3.8) is 0 Å². The number of rotatable bonds is 7. The molecule has 1 unspecified atom stereocenters. The fourth-order valence-electron chi connectivity index (χ4n) is 3.09. The number of hydrogen-bond acceptors (Lipinski definition) is 3. The van der Waals surface area contributed by atoms with E-state index in [0.717, 1.165) is 36.6 Å². The van der Waals surface area contributed by atoms with E-state index in [9.17, 15) is 4.79 Å². The second-order valence-corrected chi connectivity index (χ2v) is 7.90. The summed E-state index contributed by atoms with van der Waals surface area (Å²) in [5.74, 6) is 1.91. The van der Waals surface area contributed by atoms with E-state index in [0.29, 0.717) is 0 Å². The molecule has 1 aliphatic heterocycles. The Bertz CT molecular complexity index is 712. The molecule has 0 radical (unpaired) electrons. The molecule has 1 fully saturated rings. The minimum atomic E-state index is 0.0955. The van der Waals surface area contributed by atoms with Gasteiger partial charge < -0.3 is 9.64 Å². The van der Waals surface area contributed by atoms with Gasteiger partial charge in [0, 0.05) is 17.9 Å². The first-order valence-electron chi connectivity index (χ1n) is 9.41. The average Bonchev–Trinajstić information content (AvgIpc) is 3.15. The summed E-state index contributed by atoms with van der Waals surface area (Å²) < 4.78 is 5.74. The Kier molecular flexibility index (Phi) is 6.62. The third-order valence-corrected chi connectivity index (χ3v) is 5.89. The van der Waals surface area contributed by atoms with E-state index in [1.165, 1.54) is 24.0 Å². The summed E-state index contributed by atoms with van der Waals surface area (Å²) in [6.45, 7) is 5.79. The molecule has 1 amide bonds. The molecule has 0 aromatic heterocycles. The molecule has 3 nitrogen and oxygen atoms in total. The molecule has 0 bridgehead atoms. The smallest absolute Gasteiger partial charge is 0.255 e. The van der Waals surface area contributed by atoms with Gasteiger partial charge in [0.25, 0.3) is 5.91 Å². The highest BCUT2D eigenvalue weighted by Gasteiger charge is 2.31. The van der Waals surface area contributed by atoms with Crippen molar-refractivity contribution in [3.8, 4) is 5.75 Å². The molecule has 1 heterocycles. The first-order valence-corrected chi connectivity index (χ1v) is 10.5. The van der Waals surface area contributed by atoms with Crippen LogP contribution >= 0.6 is 11.8 Å². The molecule has 0 aliphatic carbocycles. The van der Waals surface area contributed by atoms with Gasteiger partial charge in [0.05, 0.1) is 6.61 Å². The monoisotopic (exact) mass is 369 g/mol. The summed E-state index contributed by atoms with van der Waals surface area (Å²) in [6.07, 6.45) is 3.44. The Morgan fingerprint density at radius 2 is 1.85 bits per heavy atom. The number of hydrogen-bond donors (Lipinski definition) is 0. The van der Waals surface area contributed by atoms with E-state index in [2.05, 4.69) is 38.1 Å². The molecular weight excluding hydrogens is 342 g/mol. The second kappa shape index (κ2) is 9.13. The largest absolute Gasteiger partial charge is 0.494 e. The van der Waals surface area contributed by atoms with Crippen LogP contribution in [0.3, 0.4) is 0 Å². The molecule has 1 atom stereocenters. The Labute approximate surface area is 160 Å². The van der Waals surface area contributed by atoms with E-state index in [4.69, 9.17) is 4.74 Å². The summed E-state index contributed by atoms with van der Waals surface area (Å²) in [5, 5.41) is 0.105. The van der Waals surface area contributed by atoms with Gasteiger partial charge in [-0.3, -0.25) is 4.79 Å². The summed E-state index contributed by atoms with van der Waals surface area (Å²) in [6, 6.07) is 16.1. The quantitative estimate of drug-likeness (QED) is 0.608. The lowest BCUT2D eigenvalue weighted by Crippen LogP contribution is -2.30. The lowest BCUT2D eigenvalue weighted by molar-refractivity contribution is 0.0760. The van der Waals surface area contributed by atoms with Gasteiger partial charge in [-0.1, -0.05) is 49.6 Å². The number of nitrogens with zero attached hydrogens (tertiary/aromatic N) is 1. The Hall–Kier alpha value is -1.94. The third kappa shape index (κ3) is 4.61. The normalized spacial score (nSPS) is 16.7. The van der Waals surface area contributed by atoms with Gasteiger partial charge in [0.2, 0.25) is 0 Å². The zero-order valence-electron chi connectivity index (χ0n) is 15.6. The number of benzene rings is 2. The van der Waals surface area contributed by atoms with Crippen LogP contribution in [0.25, 0.3) is 0 Å². The van der Waals surface area contributed by atoms with E-state index in [-0.39, 0.29) is 11.3 Å². The van der Waals surface area contributed by atoms with Crippen molar-refractivity contribution < 1.29 is 9.53 Å². The van der Waals surface area contributed by atoms with Crippen molar-refractivity contribution in [2.24, 2.45) is 0 Å². The minimum Gasteiger partial charge on any atom is -0.494 e. The minimum absolute atomic E-state index is 0.0955. The van der Waals surface area contributed by atoms with Crippen LogP contribution in [0.2, 0.25) is 0 Å². The van der Waals surface area contributed by atoms with E-state index in [1.807, 2.05) is 40.9 Å². The zero-order chi connectivity index (χ0) is 18.4. The van der Waals surface area contributed by atoms with Crippen LogP contribution in [0.4, 0.5) is 0 Å². The summed E-state index contributed by atoms with van der Waals surface area (Å²) >= 11 is 1.83. The summed E-state index contributed by atoms with van der Waals surface area (Å²) in [7, 11) is 0. The number of carbonyl (C=O) groups is 1. The predicted octanol–water partition coefficient (Wildman–Crippen LogP) is 5.45. The Morgan fingerprint density at radius 1 is 1.12 bits per heavy atom. The fraction of sp³-hybridized carbons (Fsp3) is 0.409. The van der Waals surface area contributed by atoms with Crippen LogP contribution in [0.1, 0.15) is 53.0 Å². The van der Waals surface area contributed by atoms with Crippen LogP contribution in [-0.2, 0) is 0 Å². The highest BCUT2D eigenvalue weighted by Crippen LogP contribution is 2.38. The molecule has 0 saturated carbocycles. The maximum atomic E-state index is 13.0. The standard InChI is InChI=1S/C22H27NO2S/c1-3-4-5-15-25-20-12-10-18(11-13-20)21(24)23-14-16-26-22(23)19-8-6-17(2)7-9-19/h6-13,22H,3-5,14-16H2,1-2H3. The van der Waals surface area contributed by atoms with Gasteiger partial charge in [0.15, 0.2) is 0 Å². The van der Waals surface area contributed by atoms with Crippen molar-refractivity contribution in [1.82, 2.24) is 4.90 Å². The third-order valence-electron chi connectivity index (χ3n) is 4.63. The van der Waals surface area contributed by atoms with Crippen molar-refractivity contribution in [1.29, 1.82) is 0 Å². The van der Waals surface area contributed by atoms with Gasteiger partial charge in [-0.05, 0) is 43.2 Å². The number of amides is 1. The molecule has 0 N–H and O–H groups in total. The molecule has 1 aliphatic rings. The molecule has 4 heteroatoms. The van der Waals surface area contributed by atoms with Gasteiger partial charge in [0.1, 0.15) is 11.1 Å². The van der Waals surface area contributed by atoms with Crippen LogP contribution in [0, 0.1) is 6.92 Å². The van der Waals surface area contributed by atoms with E-state index >= 15 is 0 Å². The molecule has 2 aromatic rings. The average molecular weight is 370 g/mol. The van der Waals surface area contributed by atoms with Crippen molar-refractivity contribution in [3.05, 3.63) is 65.2 Å². The first kappa shape index (κ1) is 18.8. The molecule has 2 aromatic carbocycles. The number of unbranched alkanes of at least 4 members (excludes halogenated alkanes) is 2. The van der Waals surface area contributed by atoms with Gasteiger partial charge in [-0.15, -0.1) is 11.8 Å². The van der Waals surface area contributed by atoms with Gasteiger partial charge in [-0.2, -0.15) is 0 Å². The first-order chi connectivity index (χ1) is 12.7. The Morgan fingerprint density at radius 3 is 2.54 bits per heavy atom.